The van der Waals surface area contributed by atoms with Crippen LogP contribution in [0.1, 0.15) is 66.7 Å². The van der Waals surface area contributed by atoms with Crippen LogP contribution in [0.15, 0.2) is 0 Å². The number of rotatable bonds is 3. The largest absolute Gasteiger partial charge is 0.480 e. The molecule has 0 unspecified atom stereocenters. The van der Waals surface area contributed by atoms with Crippen LogP contribution in [0, 0.1) is 0 Å². The Morgan fingerprint density at radius 3 is 1.95 bits per heavy atom. The van der Waals surface area contributed by atoms with Gasteiger partial charge in [-0.1, -0.05) is 19.3 Å². The number of amides is 1. The van der Waals surface area contributed by atoms with E-state index in [1.54, 1.807) is 34.6 Å². The number of carbonyl (C=O) groups excluding carboxylic acids is 1. The number of carboxylic acid groups (broad SMARTS) is 1. The lowest BCUT2D eigenvalue weighted by atomic mass is 9.90. The zero-order chi connectivity index (χ0) is 15.6. The van der Waals surface area contributed by atoms with Crippen molar-refractivity contribution in [2.24, 2.45) is 0 Å². The third-order valence-electron chi connectivity index (χ3n) is 3.66. The molecule has 0 bridgehead atoms. The second-order valence-electron chi connectivity index (χ2n) is 7.01. The summed E-state index contributed by atoms with van der Waals surface area (Å²) in [7, 11) is 0. The van der Waals surface area contributed by atoms with Crippen molar-refractivity contribution in [2.45, 2.75) is 83.9 Å². The van der Waals surface area contributed by atoms with Crippen LogP contribution in [-0.4, -0.2) is 39.3 Å². The monoisotopic (exact) mass is 285 g/mol. The van der Waals surface area contributed by atoms with E-state index >= 15 is 0 Å². The molecule has 5 nitrogen and oxygen atoms in total. The Balaban J connectivity index is 3.00. The molecule has 1 rings (SSSR count). The molecule has 0 heterocycles. The summed E-state index contributed by atoms with van der Waals surface area (Å²) in [6.07, 6.45) is 4.36. The van der Waals surface area contributed by atoms with Crippen molar-refractivity contribution >= 4 is 12.1 Å². The molecule has 1 saturated carbocycles. The van der Waals surface area contributed by atoms with Crippen LogP contribution in [0.3, 0.4) is 0 Å². The molecule has 1 aliphatic carbocycles. The summed E-state index contributed by atoms with van der Waals surface area (Å²) in [5.41, 5.74) is -1.89. The van der Waals surface area contributed by atoms with Gasteiger partial charge in [0.1, 0.15) is 11.1 Å². The van der Waals surface area contributed by atoms with Crippen molar-refractivity contribution in [2.75, 3.05) is 0 Å². The number of ether oxygens (including phenoxy) is 1. The predicted octanol–water partition coefficient (Wildman–Crippen LogP) is 3.42. The van der Waals surface area contributed by atoms with Gasteiger partial charge < -0.3 is 9.84 Å². The van der Waals surface area contributed by atoms with Gasteiger partial charge in [-0.15, -0.1) is 0 Å². The Morgan fingerprint density at radius 1 is 1.05 bits per heavy atom. The van der Waals surface area contributed by atoms with Crippen LogP contribution in [0.5, 0.6) is 0 Å². The highest BCUT2D eigenvalue weighted by atomic mass is 16.6. The number of hydrogen-bond donors (Lipinski definition) is 1. The maximum Gasteiger partial charge on any atom is 0.411 e. The van der Waals surface area contributed by atoms with E-state index in [-0.39, 0.29) is 6.04 Å². The van der Waals surface area contributed by atoms with E-state index in [2.05, 4.69) is 0 Å². The molecule has 0 atom stereocenters. The molecule has 0 aliphatic heterocycles. The second-order valence-corrected chi connectivity index (χ2v) is 7.01. The van der Waals surface area contributed by atoms with Gasteiger partial charge in [0, 0.05) is 6.04 Å². The summed E-state index contributed by atoms with van der Waals surface area (Å²) in [4.78, 5) is 25.4. The lowest BCUT2D eigenvalue weighted by molar-refractivity contribution is -0.151. The summed E-state index contributed by atoms with van der Waals surface area (Å²) >= 11 is 0. The van der Waals surface area contributed by atoms with Gasteiger partial charge in [0.25, 0.3) is 0 Å². The van der Waals surface area contributed by atoms with Gasteiger partial charge in [-0.05, 0) is 47.5 Å². The van der Waals surface area contributed by atoms with E-state index in [9.17, 15) is 14.7 Å². The summed E-state index contributed by atoms with van der Waals surface area (Å²) in [6, 6.07) is -0.0512. The first-order valence-corrected chi connectivity index (χ1v) is 7.31. The van der Waals surface area contributed by atoms with Crippen molar-refractivity contribution in [3.05, 3.63) is 0 Å². The summed E-state index contributed by atoms with van der Waals surface area (Å²) in [6.45, 7) is 8.49. The van der Waals surface area contributed by atoms with Crippen LogP contribution in [0.25, 0.3) is 0 Å². The van der Waals surface area contributed by atoms with Crippen LogP contribution < -0.4 is 0 Å². The van der Waals surface area contributed by atoms with Crippen LogP contribution >= 0.6 is 0 Å². The SMILES string of the molecule is CC(C)(C)OC(=O)N(C1CCCCC1)C(C)(C)C(=O)O. The normalized spacial score (nSPS) is 17.6. The third-order valence-corrected chi connectivity index (χ3v) is 3.66. The quantitative estimate of drug-likeness (QED) is 0.862. The minimum atomic E-state index is -1.26. The van der Waals surface area contributed by atoms with Gasteiger partial charge in [0.2, 0.25) is 0 Å². The lowest BCUT2D eigenvalue weighted by Crippen LogP contribution is -2.58. The Morgan fingerprint density at radius 2 is 1.55 bits per heavy atom. The summed E-state index contributed by atoms with van der Waals surface area (Å²) in [5.74, 6) is -1.01. The van der Waals surface area contributed by atoms with E-state index in [1.165, 1.54) is 4.90 Å². The topological polar surface area (TPSA) is 66.8 Å². The zero-order valence-corrected chi connectivity index (χ0v) is 13.2. The average Bonchev–Trinajstić information content (AvgIpc) is 2.27. The summed E-state index contributed by atoms with van der Waals surface area (Å²) < 4.78 is 5.41. The van der Waals surface area contributed by atoms with Crippen molar-refractivity contribution < 1.29 is 19.4 Å². The molecular weight excluding hydrogens is 258 g/mol. The number of hydrogen-bond acceptors (Lipinski definition) is 3. The molecule has 0 saturated heterocycles. The molecule has 1 fully saturated rings. The summed E-state index contributed by atoms with van der Waals surface area (Å²) in [5, 5.41) is 9.44. The fraction of sp³-hybridized carbons (Fsp3) is 0.867. The van der Waals surface area contributed by atoms with Crippen molar-refractivity contribution in [1.29, 1.82) is 0 Å². The van der Waals surface area contributed by atoms with Crippen LogP contribution in [0.4, 0.5) is 4.79 Å². The number of carbonyl (C=O) groups is 2. The Bertz CT molecular complexity index is 365. The molecule has 0 radical (unpaired) electrons. The first-order chi connectivity index (χ1) is 9.05. The molecule has 0 aromatic heterocycles. The number of aliphatic carboxylic acids is 1. The van der Waals surface area contributed by atoms with Gasteiger partial charge in [-0.2, -0.15) is 0 Å². The van der Waals surface area contributed by atoms with E-state index in [4.69, 9.17) is 4.74 Å². The fourth-order valence-corrected chi connectivity index (χ4v) is 2.59. The van der Waals surface area contributed by atoms with E-state index in [0.29, 0.717) is 0 Å². The lowest BCUT2D eigenvalue weighted by Gasteiger charge is -2.42. The van der Waals surface area contributed by atoms with E-state index in [0.717, 1.165) is 32.1 Å². The molecule has 1 amide bonds. The molecule has 116 valence electrons. The van der Waals surface area contributed by atoms with Gasteiger partial charge in [-0.25, -0.2) is 9.59 Å². The smallest absolute Gasteiger partial charge is 0.411 e. The standard InChI is InChI=1S/C15H27NO4/c1-14(2,3)20-13(19)16(15(4,5)12(17)18)11-9-7-6-8-10-11/h11H,6-10H2,1-5H3,(H,17,18). The van der Waals surface area contributed by atoms with Crippen LogP contribution in [-0.2, 0) is 9.53 Å². The van der Waals surface area contributed by atoms with Crippen molar-refractivity contribution in [3.8, 4) is 0 Å². The van der Waals surface area contributed by atoms with Gasteiger partial charge in [0.05, 0.1) is 0 Å². The Kier molecular flexibility index (Phi) is 5.05. The predicted molar refractivity (Wildman–Crippen MR) is 76.7 cm³/mol. The van der Waals surface area contributed by atoms with E-state index < -0.39 is 23.2 Å². The molecule has 0 spiro atoms. The first-order valence-electron chi connectivity index (χ1n) is 7.31. The molecule has 0 aromatic carbocycles. The number of carboxylic acids is 1. The maximum absolute atomic E-state index is 12.4. The minimum Gasteiger partial charge on any atom is -0.480 e. The van der Waals surface area contributed by atoms with Crippen LogP contribution in [0.2, 0.25) is 0 Å². The van der Waals surface area contributed by atoms with Crippen molar-refractivity contribution in [3.63, 3.8) is 0 Å². The average molecular weight is 285 g/mol. The molecule has 1 aliphatic rings. The maximum atomic E-state index is 12.4. The van der Waals surface area contributed by atoms with Gasteiger partial charge >= 0.3 is 12.1 Å². The highest BCUT2D eigenvalue weighted by Crippen LogP contribution is 2.30. The molecule has 1 N–H and O–H groups in total. The highest BCUT2D eigenvalue weighted by Gasteiger charge is 2.44. The van der Waals surface area contributed by atoms with Gasteiger partial charge in [0.15, 0.2) is 0 Å². The minimum absolute atomic E-state index is 0.0512. The number of nitrogens with zero attached hydrogens (tertiary/aromatic N) is 1. The second kappa shape index (κ2) is 6.02. The Hall–Kier alpha value is -1.26. The third kappa shape index (κ3) is 4.12. The van der Waals surface area contributed by atoms with Gasteiger partial charge in [-0.3, -0.25) is 4.90 Å². The fourth-order valence-electron chi connectivity index (χ4n) is 2.59. The molecule has 0 aromatic rings. The zero-order valence-electron chi connectivity index (χ0n) is 13.2. The molecule has 20 heavy (non-hydrogen) atoms. The molecule has 5 heteroatoms. The molecular formula is C15H27NO4. The van der Waals surface area contributed by atoms with E-state index in [1.807, 2.05) is 0 Å². The highest BCUT2D eigenvalue weighted by molar-refractivity contribution is 5.83. The van der Waals surface area contributed by atoms with Crippen molar-refractivity contribution in [1.82, 2.24) is 4.90 Å². The first kappa shape index (κ1) is 16.8. The Labute approximate surface area is 121 Å².